The molecule has 0 N–H and O–H groups in total. The molecule has 1 atom stereocenters. The lowest BCUT2D eigenvalue weighted by Crippen LogP contribution is -2.48. The van der Waals surface area contributed by atoms with Crippen LogP contribution in [-0.2, 0) is 4.79 Å². The molecule has 4 bridgehead atoms. The molecular weight excluding hydrogens is 246 g/mol. The van der Waals surface area contributed by atoms with Gasteiger partial charge in [0.25, 0.3) is 0 Å². The lowest BCUT2D eigenvalue weighted by molar-refractivity contribution is -0.0672. The van der Waals surface area contributed by atoms with Gasteiger partial charge in [-0.25, -0.2) is 4.79 Å². The molecule has 1 aromatic rings. The summed E-state index contributed by atoms with van der Waals surface area (Å²) in [5.41, 5.74) is 1.45. The zero-order chi connectivity index (χ0) is 13.6. The van der Waals surface area contributed by atoms with Crippen molar-refractivity contribution in [2.45, 2.75) is 44.6 Å². The van der Waals surface area contributed by atoms with Crippen molar-refractivity contribution in [2.24, 2.45) is 28.2 Å². The summed E-state index contributed by atoms with van der Waals surface area (Å²) in [7, 11) is 0. The molecule has 4 aliphatic rings. The van der Waals surface area contributed by atoms with Gasteiger partial charge in [-0.15, -0.1) is 0 Å². The third-order valence-electron chi connectivity index (χ3n) is 5.96. The Labute approximate surface area is 120 Å². The maximum Gasteiger partial charge on any atom is 0.235 e. The fourth-order valence-corrected chi connectivity index (χ4v) is 5.77. The molecule has 2 nitrogen and oxygen atoms in total. The fourth-order valence-electron chi connectivity index (χ4n) is 5.77. The Morgan fingerprint density at radius 2 is 1.55 bits per heavy atom. The smallest absolute Gasteiger partial charge is 0.211 e. The topological polar surface area (TPSA) is 29.4 Å². The number of rotatable bonds is 3. The van der Waals surface area contributed by atoms with E-state index in [0.717, 1.165) is 17.8 Å². The molecule has 0 spiro atoms. The Kier molecular flexibility index (Phi) is 2.82. The highest BCUT2D eigenvalue weighted by Gasteiger charge is 2.54. The van der Waals surface area contributed by atoms with Crippen LogP contribution in [-0.4, -0.2) is 6.08 Å². The molecule has 0 radical (unpaired) electrons. The molecule has 1 aromatic carbocycles. The van der Waals surface area contributed by atoms with E-state index in [1.165, 1.54) is 44.1 Å². The van der Waals surface area contributed by atoms with E-state index in [9.17, 15) is 4.79 Å². The van der Waals surface area contributed by atoms with Gasteiger partial charge >= 0.3 is 0 Å². The molecule has 4 saturated carbocycles. The average molecular weight is 267 g/mol. The first-order valence-electron chi connectivity index (χ1n) is 7.91. The molecule has 0 aromatic heterocycles. The van der Waals surface area contributed by atoms with Crippen LogP contribution in [0.15, 0.2) is 35.3 Å². The van der Waals surface area contributed by atoms with E-state index in [-0.39, 0.29) is 11.5 Å². The summed E-state index contributed by atoms with van der Waals surface area (Å²) in [5.74, 6) is 2.65. The van der Waals surface area contributed by atoms with Crippen molar-refractivity contribution in [1.82, 2.24) is 0 Å². The van der Waals surface area contributed by atoms with Crippen molar-refractivity contribution in [3.63, 3.8) is 0 Å². The first kappa shape index (κ1) is 12.3. The quantitative estimate of drug-likeness (QED) is 0.593. The second-order valence-corrected chi connectivity index (χ2v) is 7.31. The summed E-state index contributed by atoms with van der Waals surface area (Å²) in [6.45, 7) is 0. The Hall–Kier alpha value is -1.40. The van der Waals surface area contributed by atoms with Crippen molar-refractivity contribution in [3.8, 4) is 0 Å². The van der Waals surface area contributed by atoms with Crippen LogP contribution in [0.1, 0.15) is 50.1 Å². The van der Waals surface area contributed by atoms with Crippen LogP contribution in [0.4, 0.5) is 0 Å². The third kappa shape index (κ3) is 1.86. The van der Waals surface area contributed by atoms with E-state index in [0.29, 0.717) is 0 Å². The first-order chi connectivity index (χ1) is 9.79. The minimum Gasteiger partial charge on any atom is -0.211 e. The van der Waals surface area contributed by atoms with Crippen LogP contribution in [0, 0.1) is 23.2 Å². The SMILES string of the molecule is O=C=NC(c1ccccc1)C12CC3CC(CC(C3)C1)C2. The summed E-state index contributed by atoms with van der Waals surface area (Å²) < 4.78 is 0. The average Bonchev–Trinajstić information content (AvgIpc) is 2.44. The van der Waals surface area contributed by atoms with E-state index in [4.69, 9.17) is 0 Å². The van der Waals surface area contributed by atoms with Gasteiger partial charge in [0.1, 0.15) is 0 Å². The lowest BCUT2D eigenvalue weighted by Gasteiger charge is -2.58. The third-order valence-corrected chi connectivity index (χ3v) is 5.96. The molecular formula is C18H21NO. The number of nitrogens with zero attached hydrogens (tertiary/aromatic N) is 1. The van der Waals surface area contributed by atoms with Gasteiger partial charge in [-0.3, -0.25) is 0 Å². The molecule has 104 valence electrons. The van der Waals surface area contributed by atoms with Crippen LogP contribution in [0.2, 0.25) is 0 Å². The Bertz CT molecular complexity index is 509. The summed E-state index contributed by atoms with van der Waals surface area (Å²) in [6, 6.07) is 10.4. The minimum atomic E-state index is 0.0367. The van der Waals surface area contributed by atoms with E-state index in [1.807, 2.05) is 12.1 Å². The zero-order valence-electron chi connectivity index (χ0n) is 11.8. The normalized spacial score (nSPS) is 39.3. The molecule has 0 saturated heterocycles. The summed E-state index contributed by atoms with van der Waals surface area (Å²) in [6.07, 6.45) is 9.94. The molecule has 1 unspecified atom stereocenters. The van der Waals surface area contributed by atoms with Gasteiger partial charge in [0, 0.05) is 0 Å². The number of hydrogen-bond donors (Lipinski definition) is 0. The monoisotopic (exact) mass is 267 g/mol. The van der Waals surface area contributed by atoms with Crippen LogP contribution in [0.25, 0.3) is 0 Å². The van der Waals surface area contributed by atoms with Crippen LogP contribution < -0.4 is 0 Å². The van der Waals surface area contributed by atoms with Crippen LogP contribution >= 0.6 is 0 Å². The molecule has 20 heavy (non-hydrogen) atoms. The van der Waals surface area contributed by atoms with Gasteiger partial charge in [0.05, 0.1) is 6.04 Å². The highest BCUT2D eigenvalue weighted by molar-refractivity contribution is 5.37. The van der Waals surface area contributed by atoms with Crippen LogP contribution in [0.3, 0.4) is 0 Å². The number of carbonyl (C=O) groups excluding carboxylic acids is 1. The van der Waals surface area contributed by atoms with E-state index in [2.05, 4.69) is 29.3 Å². The molecule has 5 rings (SSSR count). The summed E-state index contributed by atoms with van der Waals surface area (Å²) >= 11 is 0. The summed E-state index contributed by atoms with van der Waals surface area (Å²) in [4.78, 5) is 15.3. The van der Waals surface area contributed by atoms with Gasteiger partial charge in [0.2, 0.25) is 6.08 Å². The Morgan fingerprint density at radius 3 is 2.05 bits per heavy atom. The van der Waals surface area contributed by atoms with Crippen molar-refractivity contribution in [3.05, 3.63) is 35.9 Å². The van der Waals surface area contributed by atoms with Crippen molar-refractivity contribution in [2.75, 3.05) is 0 Å². The highest BCUT2D eigenvalue weighted by Crippen LogP contribution is 2.64. The second kappa shape index (κ2) is 4.56. The molecule has 4 fully saturated rings. The molecule has 0 heterocycles. The molecule has 4 aliphatic carbocycles. The van der Waals surface area contributed by atoms with Crippen LogP contribution in [0.5, 0.6) is 0 Å². The highest BCUT2D eigenvalue weighted by atomic mass is 16.1. The molecule has 2 heteroatoms. The van der Waals surface area contributed by atoms with Gasteiger partial charge in [-0.2, -0.15) is 4.99 Å². The van der Waals surface area contributed by atoms with E-state index < -0.39 is 0 Å². The second-order valence-electron chi connectivity index (χ2n) is 7.31. The first-order valence-corrected chi connectivity index (χ1v) is 7.91. The van der Waals surface area contributed by atoms with Gasteiger partial charge in [-0.05, 0) is 67.3 Å². The van der Waals surface area contributed by atoms with Gasteiger partial charge in [-0.1, -0.05) is 30.3 Å². The fraction of sp³-hybridized carbons (Fsp3) is 0.611. The Morgan fingerprint density at radius 1 is 1.00 bits per heavy atom. The van der Waals surface area contributed by atoms with Gasteiger partial charge in [0.15, 0.2) is 0 Å². The lowest BCUT2D eigenvalue weighted by atomic mass is 9.47. The van der Waals surface area contributed by atoms with Crippen molar-refractivity contribution < 1.29 is 4.79 Å². The van der Waals surface area contributed by atoms with E-state index in [1.54, 1.807) is 0 Å². The van der Waals surface area contributed by atoms with E-state index >= 15 is 0 Å². The number of benzene rings is 1. The number of aliphatic imine (C=N–C) groups is 1. The summed E-state index contributed by atoms with van der Waals surface area (Å²) in [5, 5.41) is 0. The van der Waals surface area contributed by atoms with Crippen molar-refractivity contribution >= 4 is 6.08 Å². The maximum atomic E-state index is 11.0. The van der Waals surface area contributed by atoms with Crippen molar-refractivity contribution in [1.29, 1.82) is 0 Å². The maximum absolute atomic E-state index is 11.0. The Balaban J connectivity index is 1.75. The van der Waals surface area contributed by atoms with Gasteiger partial charge < -0.3 is 0 Å². The minimum absolute atomic E-state index is 0.0367. The zero-order valence-corrected chi connectivity index (χ0v) is 11.8. The largest absolute Gasteiger partial charge is 0.235 e. The molecule has 0 aliphatic heterocycles. The predicted octanol–water partition coefficient (Wildman–Crippen LogP) is 4.28. The number of hydrogen-bond acceptors (Lipinski definition) is 2. The standard InChI is InChI=1S/C18H21NO/c20-12-19-17(16-4-2-1-3-5-16)18-9-13-6-14(10-18)8-15(7-13)11-18/h1-5,13-15,17H,6-11H2. The predicted molar refractivity (Wildman–Crippen MR) is 77.9 cm³/mol. The number of isocyanates is 1. The molecule has 0 amide bonds.